The minimum Gasteiger partial charge on any atom is -0.466 e. The van der Waals surface area contributed by atoms with Crippen molar-refractivity contribution in [2.75, 3.05) is 31.0 Å². The zero-order valence-electron chi connectivity index (χ0n) is 23.9. The molecule has 0 aliphatic heterocycles. The Labute approximate surface area is 241 Å². The molecule has 0 radical (unpaired) electrons. The number of hydrogen-bond acceptors (Lipinski definition) is 4. The van der Waals surface area contributed by atoms with E-state index in [1.54, 1.807) is 18.2 Å². The first-order chi connectivity index (χ1) is 19.6. The molecule has 2 bridgehead atoms. The van der Waals surface area contributed by atoms with Crippen LogP contribution in [-0.4, -0.2) is 33.1 Å². The summed E-state index contributed by atoms with van der Waals surface area (Å²) < 4.78 is 28.8. The van der Waals surface area contributed by atoms with Gasteiger partial charge in [0.2, 0.25) is 5.91 Å². The molecule has 2 saturated carbocycles. The Bertz CT molecular complexity index is 1480. The average molecular weight is 562 g/mol. The van der Waals surface area contributed by atoms with Crippen LogP contribution in [0.3, 0.4) is 0 Å². The molecule has 0 spiro atoms. The second kappa shape index (κ2) is 11.8. The molecule has 0 aromatic heterocycles. The number of anilines is 2. The van der Waals surface area contributed by atoms with Gasteiger partial charge in [-0.05, 0) is 95.8 Å². The largest absolute Gasteiger partial charge is 0.466 e. The van der Waals surface area contributed by atoms with Gasteiger partial charge in [0.1, 0.15) is 5.82 Å². The van der Waals surface area contributed by atoms with Crippen LogP contribution in [0.5, 0.6) is 0 Å². The van der Waals surface area contributed by atoms with Crippen LogP contribution in [-0.2, 0) is 20.8 Å². The number of ether oxygens (including phenoxy) is 1. The topological polar surface area (TPSA) is 49.9 Å². The quantitative estimate of drug-likeness (QED) is 0.213. The predicted octanol–water partition coefficient (Wildman–Crippen LogP) is 7.37. The Hall–Kier alpha value is -3.64. The normalized spacial score (nSPS) is 20.8. The van der Waals surface area contributed by atoms with Gasteiger partial charge in [-0.25, -0.2) is 9.18 Å². The van der Waals surface area contributed by atoms with Crippen LogP contribution in [0.4, 0.5) is 15.8 Å². The smallest absolute Gasteiger partial charge is 0.330 e. The average Bonchev–Trinajstić information content (AvgIpc) is 3.60. The number of carbonyl (C=O) groups is 2. The third kappa shape index (κ3) is 6.07. The highest BCUT2D eigenvalue weighted by Gasteiger charge is 2.44. The lowest BCUT2D eigenvalue weighted by Gasteiger charge is -2.30. The van der Waals surface area contributed by atoms with Crippen LogP contribution < -0.4 is 9.80 Å². The Morgan fingerprint density at radius 3 is 2.40 bits per heavy atom. The summed E-state index contributed by atoms with van der Waals surface area (Å²) in [5.41, 5.74) is 4.03. The van der Waals surface area contributed by atoms with Crippen LogP contribution in [0.15, 0.2) is 66.7 Å². The molecule has 1 unspecified atom stereocenters. The van der Waals surface area contributed by atoms with Crippen molar-refractivity contribution in [2.45, 2.75) is 32.2 Å². The maximum atomic E-state index is 14.9. The number of esters is 1. The van der Waals surface area contributed by atoms with Crippen molar-refractivity contribution in [3.63, 3.8) is 0 Å². The van der Waals surface area contributed by atoms with Gasteiger partial charge in [-0.2, -0.15) is 0 Å². The van der Waals surface area contributed by atoms with Crippen molar-refractivity contribution in [1.29, 1.82) is 0 Å². The lowest BCUT2D eigenvalue weighted by molar-refractivity contribution is -0.134. The molecular formula is C33H34ClFN2O3. The summed E-state index contributed by atoms with van der Waals surface area (Å²) in [6, 6.07) is 17.7. The van der Waals surface area contributed by atoms with E-state index in [0.29, 0.717) is 22.1 Å². The second-order valence-corrected chi connectivity index (χ2v) is 11.3. The number of fused-ring (bicyclic) bond motifs is 2. The van der Waals surface area contributed by atoms with Crippen LogP contribution in [0.25, 0.3) is 17.2 Å². The zero-order chi connectivity index (χ0) is 29.3. The number of carbonyl (C=O) groups excluding carboxylic acids is 2. The highest BCUT2D eigenvalue weighted by molar-refractivity contribution is 6.31. The van der Waals surface area contributed by atoms with E-state index in [-0.39, 0.29) is 23.4 Å². The van der Waals surface area contributed by atoms with E-state index >= 15 is 0 Å². The molecule has 1 amide bonds. The minimum absolute atomic E-state index is 0.190. The third-order valence-electron chi connectivity index (χ3n) is 8.07. The molecule has 2 aliphatic carbocycles. The summed E-state index contributed by atoms with van der Waals surface area (Å²) in [5, 5.41) is 0.354. The highest BCUT2D eigenvalue weighted by atomic mass is 35.5. The summed E-state index contributed by atoms with van der Waals surface area (Å²) in [7, 11) is 5.23. The molecule has 0 N–H and O–H groups in total. The Morgan fingerprint density at radius 2 is 1.77 bits per heavy atom. The molecule has 7 heteroatoms. The van der Waals surface area contributed by atoms with Gasteiger partial charge in [0.25, 0.3) is 0 Å². The van der Waals surface area contributed by atoms with Crippen molar-refractivity contribution in [1.82, 2.24) is 0 Å². The van der Waals surface area contributed by atoms with E-state index in [1.165, 1.54) is 36.3 Å². The maximum absolute atomic E-state index is 14.9. The number of methoxy groups -OCH3 is 1. The molecule has 0 saturated heterocycles. The predicted molar refractivity (Wildman–Crippen MR) is 159 cm³/mol. The molecule has 0 heterocycles. The first-order valence-corrected chi connectivity index (χ1v) is 13.9. The first-order valence-electron chi connectivity index (χ1n) is 14.1. The molecule has 5 nitrogen and oxygen atoms in total. The first kappa shape index (κ1) is 26.6. The highest BCUT2D eigenvalue weighted by Crippen LogP contribution is 2.49. The SMILES string of the molecule is [2H]C(c1ccc(-c2ccc(N(C)C)cc2)cc1Cl)N(C(=O)[C@@H]1C[C@@H]2CC[C@H]1C2)c1cc(F)cc(/C=C/C(=O)OC)c1. The molecular weight excluding hydrogens is 527 g/mol. The molecule has 208 valence electrons. The van der Waals surface area contributed by atoms with Crippen molar-refractivity contribution >= 4 is 40.9 Å². The van der Waals surface area contributed by atoms with E-state index in [4.69, 9.17) is 11.6 Å². The maximum Gasteiger partial charge on any atom is 0.330 e. The van der Waals surface area contributed by atoms with E-state index in [2.05, 4.69) is 4.74 Å². The standard InChI is InChI=1S/C33H34ClFN2O3/c1-36(2)28-11-9-23(10-12-28)24-7-8-26(31(34)18-24)20-37(33(39)30-17-21-4-6-25(30)14-21)29-16-22(15-27(35)19-29)5-13-32(38)40-3/h5,7-13,15-16,18-19,21,25,30H,4,6,14,17,20H2,1-3H3/b13-5+/t21-,25+,30-/m1/s1/i20D/t20?,21-,25+,30-. The molecule has 3 aromatic rings. The van der Waals surface area contributed by atoms with Gasteiger partial charge in [0.05, 0.1) is 15.0 Å². The van der Waals surface area contributed by atoms with Crippen LogP contribution >= 0.6 is 11.6 Å². The Kier molecular flexibility index (Phi) is 7.87. The lowest BCUT2D eigenvalue weighted by Crippen LogP contribution is -2.38. The summed E-state index contributed by atoms with van der Waals surface area (Å²) in [4.78, 5) is 29.1. The van der Waals surface area contributed by atoms with Crippen LogP contribution in [0.1, 0.15) is 38.2 Å². The molecule has 5 rings (SSSR count). The number of rotatable bonds is 8. The molecule has 2 fully saturated rings. The fraction of sp³-hybridized carbons (Fsp3) is 0.333. The monoisotopic (exact) mass is 561 g/mol. The number of halogens is 2. The van der Waals surface area contributed by atoms with Crippen molar-refractivity contribution in [3.8, 4) is 11.1 Å². The minimum atomic E-state index is -1.20. The number of nitrogens with zero attached hydrogens (tertiary/aromatic N) is 2. The van der Waals surface area contributed by atoms with Crippen LogP contribution in [0, 0.1) is 23.6 Å². The van der Waals surface area contributed by atoms with Crippen molar-refractivity contribution < 1.29 is 20.1 Å². The molecule has 3 aromatic carbocycles. The van der Waals surface area contributed by atoms with Crippen molar-refractivity contribution in [3.05, 3.63) is 88.7 Å². The van der Waals surface area contributed by atoms with E-state index in [0.717, 1.165) is 42.5 Å². The number of hydrogen-bond donors (Lipinski definition) is 0. The van der Waals surface area contributed by atoms with Crippen molar-refractivity contribution in [2.24, 2.45) is 17.8 Å². The number of amides is 1. The summed E-state index contributed by atoms with van der Waals surface area (Å²) >= 11 is 6.78. The Morgan fingerprint density at radius 1 is 1.02 bits per heavy atom. The fourth-order valence-electron chi connectivity index (χ4n) is 5.96. The van der Waals surface area contributed by atoms with Gasteiger partial charge in [0.15, 0.2) is 0 Å². The van der Waals surface area contributed by atoms with E-state index < -0.39 is 18.3 Å². The molecule has 2 aliphatic rings. The molecule has 40 heavy (non-hydrogen) atoms. The summed E-state index contributed by atoms with van der Waals surface area (Å²) in [5.74, 6) is -0.762. The van der Waals surface area contributed by atoms with E-state index in [1.807, 2.05) is 49.3 Å². The van der Waals surface area contributed by atoms with Gasteiger partial charge >= 0.3 is 5.97 Å². The fourth-order valence-corrected chi connectivity index (χ4v) is 6.19. The summed E-state index contributed by atoms with van der Waals surface area (Å²) in [6.07, 6.45) is 6.55. The third-order valence-corrected chi connectivity index (χ3v) is 8.40. The Balaban J connectivity index is 1.51. The summed E-state index contributed by atoms with van der Waals surface area (Å²) in [6.45, 7) is -1.20. The number of benzene rings is 3. The van der Waals surface area contributed by atoms with Gasteiger partial charge in [-0.1, -0.05) is 42.3 Å². The van der Waals surface area contributed by atoms with Gasteiger partial charge < -0.3 is 14.5 Å². The van der Waals surface area contributed by atoms with E-state index in [9.17, 15) is 15.4 Å². The van der Waals surface area contributed by atoms with Gasteiger partial charge in [-0.3, -0.25) is 4.79 Å². The van der Waals surface area contributed by atoms with Gasteiger partial charge in [-0.15, -0.1) is 0 Å². The lowest BCUT2D eigenvalue weighted by atomic mass is 9.87. The molecule has 4 atom stereocenters. The van der Waals surface area contributed by atoms with Crippen LogP contribution in [0.2, 0.25) is 5.02 Å². The zero-order valence-corrected chi connectivity index (χ0v) is 23.7. The van der Waals surface area contributed by atoms with Gasteiger partial charge in [0, 0.05) is 42.5 Å². The second-order valence-electron chi connectivity index (χ2n) is 10.9.